The van der Waals surface area contributed by atoms with Crippen LogP contribution < -0.4 is 0 Å². The summed E-state index contributed by atoms with van der Waals surface area (Å²) in [4.78, 5) is 4.25. The lowest BCUT2D eigenvalue weighted by Gasteiger charge is -2.22. The van der Waals surface area contributed by atoms with Crippen molar-refractivity contribution in [1.82, 2.24) is 4.98 Å². The molecule has 2 heteroatoms. The Morgan fingerprint density at radius 1 is 1.33 bits per heavy atom. The van der Waals surface area contributed by atoms with Crippen LogP contribution in [0, 0.1) is 12.8 Å². The minimum atomic E-state index is 0.465. The molecule has 2 fully saturated rings. The maximum absolute atomic E-state index is 5.97. The summed E-state index contributed by atoms with van der Waals surface area (Å²) < 4.78 is 5.97. The Labute approximate surface area is 90.7 Å². The van der Waals surface area contributed by atoms with E-state index in [1.807, 2.05) is 6.20 Å². The average Bonchev–Trinajstić information content (AvgIpc) is 2.76. The van der Waals surface area contributed by atoms with E-state index < -0.39 is 0 Å². The highest BCUT2D eigenvalue weighted by atomic mass is 16.5. The molecule has 0 aromatic carbocycles. The normalized spacial score (nSPS) is 38.5. The van der Waals surface area contributed by atoms with E-state index in [1.54, 1.807) is 0 Å². The second kappa shape index (κ2) is 3.31. The molecule has 2 nitrogen and oxygen atoms in total. The predicted molar refractivity (Wildman–Crippen MR) is 58.8 cm³/mol. The standard InChI is InChI=1S/C13H17NO/c1-8-5-13-11(7-12(8)15-13)10-3-4-14-9(2)6-10/h3-4,6,8,11-13H,5,7H2,1-2H3. The van der Waals surface area contributed by atoms with E-state index >= 15 is 0 Å². The lowest BCUT2D eigenvalue weighted by molar-refractivity contribution is 0.0919. The molecular weight excluding hydrogens is 186 g/mol. The van der Waals surface area contributed by atoms with Crippen molar-refractivity contribution in [3.05, 3.63) is 29.6 Å². The fraction of sp³-hybridized carbons (Fsp3) is 0.615. The molecule has 3 heterocycles. The van der Waals surface area contributed by atoms with Crippen LogP contribution in [0.1, 0.15) is 36.9 Å². The van der Waals surface area contributed by atoms with Gasteiger partial charge in [0.25, 0.3) is 0 Å². The number of hydrogen-bond acceptors (Lipinski definition) is 2. The number of aryl methyl sites for hydroxylation is 1. The fourth-order valence-corrected chi connectivity index (χ4v) is 3.03. The molecule has 0 saturated carbocycles. The molecule has 1 aromatic rings. The van der Waals surface area contributed by atoms with Crippen LogP contribution in [-0.4, -0.2) is 17.2 Å². The van der Waals surface area contributed by atoms with Crippen molar-refractivity contribution in [1.29, 1.82) is 0 Å². The second-order valence-electron chi connectivity index (χ2n) is 5.00. The number of rotatable bonds is 1. The lowest BCUT2D eigenvalue weighted by Crippen LogP contribution is -2.19. The molecule has 0 spiro atoms. The zero-order valence-corrected chi connectivity index (χ0v) is 9.31. The van der Waals surface area contributed by atoms with E-state index in [9.17, 15) is 0 Å². The van der Waals surface area contributed by atoms with Crippen LogP contribution in [0.3, 0.4) is 0 Å². The first-order chi connectivity index (χ1) is 7.24. The number of hydrogen-bond donors (Lipinski definition) is 0. The molecule has 2 bridgehead atoms. The molecule has 4 atom stereocenters. The second-order valence-corrected chi connectivity index (χ2v) is 5.00. The molecule has 0 amide bonds. The summed E-state index contributed by atoms with van der Waals surface area (Å²) in [6.07, 6.45) is 5.33. The number of aromatic nitrogens is 1. The highest BCUT2D eigenvalue weighted by Gasteiger charge is 2.45. The molecule has 0 aliphatic carbocycles. The summed E-state index contributed by atoms with van der Waals surface area (Å²) in [5.41, 5.74) is 2.53. The van der Waals surface area contributed by atoms with Crippen molar-refractivity contribution < 1.29 is 4.74 Å². The van der Waals surface area contributed by atoms with Crippen molar-refractivity contribution in [3.63, 3.8) is 0 Å². The van der Waals surface area contributed by atoms with Gasteiger partial charge in [0, 0.05) is 17.8 Å². The first-order valence-corrected chi connectivity index (χ1v) is 5.82. The Morgan fingerprint density at radius 3 is 2.80 bits per heavy atom. The monoisotopic (exact) mass is 203 g/mol. The lowest BCUT2D eigenvalue weighted by atomic mass is 9.79. The fourth-order valence-electron chi connectivity index (χ4n) is 3.03. The van der Waals surface area contributed by atoms with Crippen LogP contribution in [0.4, 0.5) is 0 Å². The summed E-state index contributed by atoms with van der Waals surface area (Å²) in [6.45, 7) is 4.36. The number of pyridine rings is 1. The van der Waals surface area contributed by atoms with Crippen molar-refractivity contribution in [2.45, 2.75) is 44.8 Å². The van der Waals surface area contributed by atoms with E-state index in [4.69, 9.17) is 4.74 Å². The summed E-state index contributed by atoms with van der Waals surface area (Å²) >= 11 is 0. The summed E-state index contributed by atoms with van der Waals surface area (Å²) in [7, 11) is 0. The molecule has 3 rings (SSSR count). The third kappa shape index (κ3) is 1.48. The van der Waals surface area contributed by atoms with Crippen molar-refractivity contribution in [3.8, 4) is 0 Å². The van der Waals surface area contributed by atoms with Crippen LogP contribution in [0.25, 0.3) is 0 Å². The van der Waals surface area contributed by atoms with Crippen molar-refractivity contribution >= 4 is 0 Å². The highest BCUT2D eigenvalue weighted by Crippen LogP contribution is 2.47. The van der Waals surface area contributed by atoms with Crippen molar-refractivity contribution in [2.24, 2.45) is 5.92 Å². The van der Waals surface area contributed by atoms with Crippen LogP contribution in [0.15, 0.2) is 18.3 Å². The predicted octanol–water partition coefficient (Wildman–Crippen LogP) is 2.67. The minimum absolute atomic E-state index is 0.465. The van der Waals surface area contributed by atoms with Gasteiger partial charge in [0.15, 0.2) is 0 Å². The van der Waals surface area contributed by atoms with E-state index in [0.717, 1.165) is 11.6 Å². The van der Waals surface area contributed by atoms with Gasteiger partial charge in [0.1, 0.15) is 0 Å². The molecule has 4 unspecified atom stereocenters. The van der Waals surface area contributed by atoms with Crippen LogP contribution >= 0.6 is 0 Å². The number of nitrogens with zero attached hydrogens (tertiary/aromatic N) is 1. The number of fused-ring (bicyclic) bond motifs is 2. The van der Waals surface area contributed by atoms with Gasteiger partial charge in [-0.15, -0.1) is 0 Å². The highest BCUT2D eigenvalue weighted by molar-refractivity contribution is 5.24. The van der Waals surface area contributed by atoms with E-state index in [-0.39, 0.29) is 0 Å². The molecule has 2 saturated heterocycles. The molecule has 0 N–H and O–H groups in total. The Hall–Kier alpha value is -0.890. The van der Waals surface area contributed by atoms with E-state index in [2.05, 4.69) is 31.0 Å². The van der Waals surface area contributed by atoms with Gasteiger partial charge in [-0.2, -0.15) is 0 Å². The van der Waals surface area contributed by atoms with Crippen LogP contribution in [0.2, 0.25) is 0 Å². The SMILES string of the molecule is Cc1cc(C2CC3OC2CC3C)ccn1. The Balaban J connectivity index is 1.86. The van der Waals surface area contributed by atoms with Gasteiger partial charge in [-0.3, -0.25) is 4.98 Å². The third-order valence-electron chi connectivity index (χ3n) is 3.87. The topological polar surface area (TPSA) is 22.1 Å². The molecule has 80 valence electrons. The Morgan fingerprint density at radius 2 is 2.20 bits per heavy atom. The molecule has 15 heavy (non-hydrogen) atoms. The molecule has 2 aliphatic heterocycles. The maximum atomic E-state index is 5.97. The van der Waals surface area contributed by atoms with Crippen LogP contribution in [0.5, 0.6) is 0 Å². The Bertz CT molecular complexity index is 375. The minimum Gasteiger partial charge on any atom is -0.374 e. The first kappa shape index (κ1) is 9.34. The zero-order chi connectivity index (χ0) is 10.4. The van der Waals surface area contributed by atoms with Crippen LogP contribution in [-0.2, 0) is 4.74 Å². The smallest absolute Gasteiger partial charge is 0.0652 e. The van der Waals surface area contributed by atoms with Gasteiger partial charge in [-0.05, 0) is 43.4 Å². The number of ether oxygens (including phenoxy) is 1. The van der Waals surface area contributed by atoms with Gasteiger partial charge in [-0.1, -0.05) is 6.92 Å². The first-order valence-electron chi connectivity index (χ1n) is 5.82. The third-order valence-corrected chi connectivity index (χ3v) is 3.87. The molecule has 1 aromatic heterocycles. The summed E-state index contributed by atoms with van der Waals surface area (Å²) in [5, 5.41) is 0. The van der Waals surface area contributed by atoms with E-state index in [0.29, 0.717) is 18.1 Å². The maximum Gasteiger partial charge on any atom is 0.0652 e. The van der Waals surface area contributed by atoms with Gasteiger partial charge < -0.3 is 4.74 Å². The van der Waals surface area contributed by atoms with E-state index in [1.165, 1.54) is 18.4 Å². The van der Waals surface area contributed by atoms with Gasteiger partial charge in [0.05, 0.1) is 12.2 Å². The molecular formula is C13H17NO. The van der Waals surface area contributed by atoms with Gasteiger partial charge in [0.2, 0.25) is 0 Å². The quantitative estimate of drug-likeness (QED) is 0.700. The average molecular weight is 203 g/mol. The Kier molecular flexibility index (Phi) is 2.06. The largest absolute Gasteiger partial charge is 0.374 e. The zero-order valence-electron chi connectivity index (χ0n) is 9.31. The summed E-state index contributed by atoms with van der Waals surface area (Å²) in [5.74, 6) is 1.38. The molecule has 0 radical (unpaired) electrons. The summed E-state index contributed by atoms with van der Waals surface area (Å²) in [6, 6.07) is 4.35. The van der Waals surface area contributed by atoms with Gasteiger partial charge in [-0.25, -0.2) is 0 Å². The van der Waals surface area contributed by atoms with Crippen molar-refractivity contribution in [2.75, 3.05) is 0 Å². The molecule has 2 aliphatic rings. The van der Waals surface area contributed by atoms with Gasteiger partial charge >= 0.3 is 0 Å².